The maximum atomic E-state index is 14.1. The maximum Gasteiger partial charge on any atom is 0.337 e. The summed E-state index contributed by atoms with van der Waals surface area (Å²) >= 11 is 0. The minimum Gasteiger partial charge on any atom is -0.497 e. The molecule has 0 bridgehead atoms. The van der Waals surface area contributed by atoms with Crippen molar-refractivity contribution in [1.29, 1.82) is 0 Å². The third kappa shape index (κ3) is 6.96. The molecule has 0 atom stereocenters. The Morgan fingerprint density at radius 2 is 1.67 bits per heavy atom. The SMILES string of the molecule is COC(=O)c1ccc(S(=O)(=O)Nc2cccc(CN(Cc3ccc(OC)cc3OC)C(=O)c3cc(C4CC4)nn3C)c2C)cc1. The van der Waals surface area contributed by atoms with Crippen LogP contribution in [0.1, 0.15) is 62.0 Å². The van der Waals surface area contributed by atoms with Gasteiger partial charge in [-0.2, -0.15) is 5.10 Å². The van der Waals surface area contributed by atoms with Gasteiger partial charge in [0.2, 0.25) is 0 Å². The highest BCUT2D eigenvalue weighted by Crippen LogP contribution is 2.39. The van der Waals surface area contributed by atoms with Gasteiger partial charge >= 0.3 is 5.97 Å². The van der Waals surface area contributed by atoms with Gasteiger partial charge in [-0.1, -0.05) is 12.1 Å². The summed E-state index contributed by atoms with van der Waals surface area (Å²) in [4.78, 5) is 27.6. The van der Waals surface area contributed by atoms with Gasteiger partial charge in [0.05, 0.1) is 49.7 Å². The van der Waals surface area contributed by atoms with Gasteiger partial charge in [-0.15, -0.1) is 0 Å². The van der Waals surface area contributed by atoms with Crippen LogP contribution in [0.3, 0.4) is 0 Å². The fourth-order valence-corrected chi connectivity index (χ4v) is 6.20. The van der Waals surface area contributed by atoms with Gasteiger partial charge in [0.15, 0.2) is 0 Å². The Hall–Kier alpha value is -4.84. The Morgan fingerprint density at radius 1 is 0.956 bits per heavy atom. The van der Waals surface area contributed by atoms with Crippen molar-refractivity contribution in [2.75, 3.05) is 26.1 Å². The van der Waals surface area contributed by atoms with E-state index in [4.69, 9.17) is 14.2 Å². The van der Waals surface area contributed by atoms with Crippen LogP contribution in [0.5, 0.6) is 11.5 Å². The van der Waals surface area contributed by atoms with Crippen LogP contribution in [0, 0.1) is 6.92 Å². The molecule has 0 aliphatic heterocycles. The zero-order valence-electron chi connectivity index (χ0n) is 25.9. The molecule has 236 valence electrons. The van der Waals surface area contributed by atoms with E-state index in [9.17, 15) is 18.0 Å². The van der Waals surface area contributed by atoms with Crippen LogP contribution < -0.4 is 14.2 Å². The molecule has 1 aliphatic carbocycles. The van der Waals surface area contributed by atoms with Crippen LogP contribution in [0.2, 0.25) is 0 Å². The molecule has 1 fully saturated rings. The van der Waals surface area contributed by atoms with Gasteiger partial charge in [-0.3, -0.25) is 14.2 Å². The smallest absolute Gasteiger partial charge is 0.337 e. The van der Waals surface area contributed by atoms with E-state index in [-0.39, 0.29) is 29.5 Å². The molecule has 12 heteroatoms. The fourth-order valence-electron chi connectivity index (χ4n) is 5.08. The predicted molar refractivity (Wildman–Crippen MR) is 168 cm³/mol. The highest BCUT2D eigenvalue weighted by molar-refractivity contribution is 7.92. The average molecular weight is 633 g/mol. The van der Waals surface area contributed by atoms with Crippen LogP contribution >= 0.6 is 0 Å². The highest BCUT2D eigenvalue weighted by atomic mass is 32.2. The molecule has 0 unspecified atom stereocenters. The fraction of sp³-hybridized carbons (Fsp3) is 0.303. The second kappa shape index (κ2) is 13.0. The number of ether oxygens (including phenoxy) is 3. The molecule has 11 nitrogen and oxygen atoms in total. The zero-order valence-corrected chi connectivity index (χ0v) is 26.7. The van der Waals surface area contributed by atoms with Crippen LogP contribution in [0.25, 0.3) is 0 Å². The number of hydrogen-bond donors (Lipinski definition) is 1. The number of hydrogen-bond acceptors (Lipinski definition) is 8. The summed E-state index contributed by atoms with van der Waals surface area (Å²) in [6, 6.07) is 18.1. The lowest BCUT2D eigenvalue weighted by Gasteiger charge is -2.25. The molecule has 1 heterocycles. The molecule has 5 rings (SSSR count). The van der Waals surface area contributed by atoms with Crippen LogP contribution in [0.4, 0.5) is 5.69 Å². The number of carbonyl (C=O) groups is 2. The third-order valence-corrected chi connectivity index (χ3v) is 9.27. The summed E-state index contributed by atoms with van der Waals surface area (Å²) in [5.74, 6) is 0.816. The molecule has 1 N–H and O–H groups in total. The number of benzene rings is 3. The molecule has 0 radical (unpaired) electrons. The van der Waals surface area contributed by atoms with Gasteiger partial charge in [-0.25, -0.2) is 13.2 Å². The van der Waals surface area contributed by atoms with Crippen molar-refractivity contribution in [2.45, 2.75) is 43.7 Å². The Bertz CT molecular complexity index is 1830. The standard InChI is InChI=1S/C33H36N4O7S/c1-21-24(7-6-8-28(21)35-45(40,41)27-15-12-23(13-16-27)33(39)44-5)19-37(20-25-11-14-26(42-3)17-31(25)43-4)32(38)30-18-29(22-9-10-22)34-36(30)2/h6-8,11-18,22,35H,9-10,19-20H2,1-5H3. The lowest BCUT2D eigenvalue weighted by atomic mass is 10.1. The van der Waals surface area contributed by atoms with E-state index in [1.54, 1.807) is 56.0 Å². The molecule has 1 aromatic heterocycles. The number of esters is 1. The second-order valence-corrected chi connectivity index (χ2v) is 12.6. The van der Waals surface area contributed by atoms with Gasteiger partial charge in [0.1, 0.15) is 17.2 Å². The van der Waals surface area contributed by atoms with Crippen LogP contribution in [0.15, 0.2) is 71.6 Å². The molecule has 3 aromatic carbocycles. The Morgan fingerprint density at radius 3 is 2.31 bits per heavy atom. The lowest BCUT2D eigenvalue weighted by molar-refractivity contribution is 0.0600. The van der Waals surface area contributed by atoms with Gasteiger partial charge in [0.25, 0.3) is 15.9 Å². The normalized spacial score (nSPS) is 12.8. The first-order valence-electron chi connectivity index (χ1n) is 14.4. The summed E-state index contributed by atoms with van der Waals surface area (Å²) in [5.41, 5.74) is 4.18. The van der Waals surface area contributed by atoms with Crippen molar-refractivity contribution in [3.05, 3.63) is 100 Å². The molecule has 0 spiro atoms. The molecular weight excluding hydrogens is 596 g/mol. The molecule has 0 saturated heterocycles. The van der Waals surface area contributed by atoms with Crippen molar-refractivity contribution >= 4 is 27.6 Å². The van der Waals surface area contributed by atoms with Crippen LogP contribution in [-0.4, -0.2) is 56.3 Å². The molecule has 1 amide bonds. The van der Waals surface area contributed by atoms with Crippen molar-refractivity contribution < 1.29 is 32.2 Å². The Labute approximate surface area is 262 Å². The molecular formula is C33H36N4O7S. The molecule has 4 aromatic rings. The maximum absolute atomic E-state index is 14.1. The summed E-state index contributed by atoms with van der Waals surface area (Å²) < 4.78 is 46.5. The summed E-state index contributed by atoms with van der Waals surface area (Å²) in [7, 11) is 2.19. The summed E-state index contributed by atoms with van der Waals surface area (Å²) in [6.07, 6.45) is 2.13. The molecule has 1 saturated carbocycles. The van der Waals surface area contributed by atoms with Gasteiger partial charge in [-0.05, 0) is 79.4 Å². The number of methoxy groups -OCH3 is 3. The summed E-state index contributed by atoms with van der Waals surface area (Å²) in [6.45, 7) is 2.21. The topological polar surface area (TPSA) is 129 Å². The van der Waals surface area contributed by atoms with Crippen LogP contribution in [-0.2, 0) is 34.9 Å². The zero-order chi connectivity index (χ0) is 32.3. The largest absolute Gasteiger partial charge is 0.497 e. The lowest BCUT2D eigenvalue weighted by Crippen LogP contribution is -2.32. The van der Waals surface area contributed by atoms with E-state index >= 15 is 0 Å². The summed E-state index contributed by atoms with van der Waals surface area (Å²) in [5, 5.41) is 4.59. The average Bonchev–Trinajstić information content (AvgIpc) is 3.82. The number of nitrogens with one attached hydrogen (secondary N) is 1. The van der Waals surface area contributed by atoms with E-state index in [0.29, 0.717) is 34.4 Å². The number of aromatic nitrogens is 2. The monoisotopic (exact) mass is 632 g/mol. The van der Waals surface area contributed by atoms with E-state index in [1.165, 1.54) is 31.4 Å². The number of sulfonamides is 1. The number of aryl methyl sites for hydroxylation is 1. The van der Waals surface area contributed by atoms with Gasteiger partial charge in [0, 0.05) is 31.1 Å². The quantitative estimate of drug-likeness (QED) is 0.215. The van der Waals surface area contributed by atoms with E-state index in [1.807, 2.05) is 24.3 Å². The first-order valence-corrected chi connectivity index (χ1v) is 15.9. The number of nitrogens with zero attached hydrogens (tertiary/aromatic N) is 3. The van der Waals surface area contributed by atoms with Crippen molar-refractivity contribution in [3.8, 4) is 11.5 Å². The van der Waals surface area contributed by atoms with Crippen molar-refractivity contribution in [1.82, 2.24) is 14.7 Å². The Kier molecular flexibility index (Phi) is 9.14. The Balaban J connectivity index is 1.45. The number of amides is 1. The first kappa shape index (κ1) is 31.6. The molecule has 45 heavy (non-hydrogen) atoms. The van der Waals surface area contributed by atoms with E-state index < -0.39 is 16.0 Å². The minimum atomic E-state index is -3.98. The van der Waals surface area contributed by atoms with E-state index in [0.717, 1.165) is 29.7 Å². The highest BCUT2D eigenvalue weighted by Gasteiger charge is 2.30. The van der Waals surface area contributed by atoms with Crippen molar-refractivity contribution in [2.24, 2.45) is 7.05 Å². The van der Waals surface area contributed by atoms with Gasteiger partial charge < -0.3 is 19.1 Å². The predicted octanol–water partition coefficient (Wildman–Crippen LogP) is 5.05. The second-order valence-electron chi connectivity index (χ2n) is 10.9. The number of rotatable bonds is 12. The molecule has 1 aliphatic rings. The third-order valence-electron chi connectivity index (χ3n) is 7.89. The van der Waals surface area contributed by atoms with E-state index in [2.05, 4.69) is 9.82 Å². The minimum absolute atomic E-state index is 0.00830. The first-order chi connectivity index (χ1) is 21.5. The number of carbonyl (C=O) groups excluding carboxylic acids is 2. The number of anilines is 1. The van der Waals surface area contributed by atoms with Crippen molar-refractivity contribution in [3.63, 3.8) is 0 Å².